The molecule has 0 fully saturated rings. The average molecular weight is 394 g/mol. The molecule has 0 unspecified atom stereocenters. The van der Waals surface area contributed by atoms with Gasteiger partial charge in [0.2, 0.25) is 0 Å². The normalized spacial score (nSPS) is 16.0. The monoisotopic (exact) mass is 394 g/mol. The van der Waals surface area contributed by atoms with E-state index in [4.69, 9.17) is 0 Å². The highest BCUT2D eigenvalue weighted by molar-refractivity contribution is 5.89. The van der Waals surface area contributed by atoms with E-state index in [1.54, 1.807) is 6.20 Å². The third-order valence-corrected chi connectivity index (χ3v) is 5.52. The van der Waals surface area contributed by atoms with Crippen molar-refractivity contribution in [3.63, 3.8) is 0 Å². The highest BCUT2D eigenvalue weighted by atomic mass is 19.1. The van der Waals surface area contributed by atoms with Crippen LogP contribution in [0, 0.1) is 11.6 Å². The van der Waals surface area contributed by atoms with Crippen molar-refractivity contribution in [1.82, 2.24) is 9.88 Å². The van der Waals surface area contributed by atoms with E-state index in [2.05, 4.69) is 9.88 Å². The summed E-state index contributed by atoms with van der Waals surface area (Å²) in [6, 6.07) is 11.1. The molecule has 3 aromatic rings. The van der Waals surface area contributed by atoms with Crippen molar-refractivity contribution in [2.75, 3.05) is 7.05 Å². The number of benzene rings is 2. The zero-order valence-corrected chi connectivity index (χ0v) is 15.9. The van der Waals surface area contributed by atoms with E-state index in [1.165, 1.54) is 24.4 Å². The molecular formula is C23H20F2N2O2. The summed E-state index contributed by atoms with van der Waals surface area (Å²) in [5.74, 6) is -2.12. The molecule has 0 saturated heterocycles. The summed E-state index contributed by atoms with van der Waals surface area (Å²) in [4.78, 5) is 17.7. The Balaban J connectivity index is 1.58. The molecule has 0 amide bonds. The van der Waals surface area contributed by atoms with Gasteiger partial charge >= 0.3 is 5.97 Å². The van der Waals surface area contributed by atoms with Crippen LogP contribution in [-0.2, 0) is 13.0 Å². The van der Waals surface area contributed by atoms with Gasteiger partial charge in [0.05, 0.1) is 5.56 Å². The lowest BCUT2D eigenvalue weighted by atomic mass is 9.94. The highest BCUT2D eigenvalue weighted by Crippen LogP contribution is 2.38. The molecule has 1 aliphatic heterocycles. The third kappa shape index (κ3) is 3.76. The second-order valence-corrected chi connectivity index (χ2v) is 7.35. The molecule has 148 valence electrons. The molecule has 2 aromatic carbocycles. The molecule has 1 N–H and O–H groups in total. The summed E-state index contributed by atoms with van der Waals surface area (Å²) in [6.07, 6.45) is 4.44. The molecule has 0 radical (unpaired) electrons. The second-order valence-electron chi connectivity index (χ2n) is 7.35. The van der Waals surface area contributed by atoms with Crippen LogP contribution in [0.25, 0.3) is 11.1 Å². The van der Waals surface area contributed by atoms with Crippen molar-refractivity contribution in [2.24, 2.45) is 0 Å². The number of fused-ring (bicyclic) bond motifs is 1. The van der Waals surface area contributed by atoms with Crippen molar-refractivity contribution >= 4 is 5.97 Å². The number of pyridine rings is 1. The van der Waals surface area contributed by atoms with Gasteiger partial charge < -0.3 is 5.11 Å². The first-order valence-corrected chi connectivity index (χ1v) is 9.38. The van der Waals surface area contributed by atoms with Crippen LogP contribution >= 0.6 is 0 Å². The maximum Gasteiger partial charge on any atom is 0.336 e. The maximum absolute atomic E-state index is 14.1. The lowest BCUT2D eigenvalue weighted by molar-refractivity contribution is 0.0695. The summed E-state index contributed by atoms with van der Waals surface area (Å²) in [7, 11) is 2.02. The number of carbonyl (C=O) groups is 1. The van der Waals surface area contributed by atoms with Crippen LogP contribution in [0.15, 0.2) is 54.9 Å². The van der Waals surface area contributed by atoms with E-state index in [1.807, 2.05) is 25.2 Å². The van der Waals surface area contributed by atoms with Crippen LogP contribution in [0.5, 0.6) is 0 Å². The van der Waals surface area contributed by atoms with E-state index in [0.29, 0.717) is 17.5 Å². The van der Waals surface area contributed by atoms with Crippen LogP contribution in [0.1, 0.15) is 39.5 Å². The Bertz CT molecular complexity index is 1080. The van der Waals surface area contributed by atoms with Gasteiger partial charge in [0.25, 0.3) is 0 Å². The SMILES string of the molecule is CN1Cc2cc(-c3ccc(F)cc3F)ccc2[C@@H]1CCc1cnccc1C(=O)O. The number of rotatable bonds is 5. The minimum atomic E-state index is -0.950. The van der Waals surface area contributed by atoms with Gasteiger partial charge in [0.1, 0.15) is 11.6 Å². The molecule has 0 aliphatic carbocycles. The summed E-state index contributed by atoms with van der Waals surface area (Å²) >= 11 is 0. The van der Waals surface area contributed by atoms with Crippen LogP contribution in [0.2, 0.25) is 0 Å². The Hall–Kier alpha value is -3.12. The number of aromatic carboxylic acids is 1. The van der Waals surface area contributed by atoms with Gasteiger partial charge in [0, 0.05) is 36.6 Å². The maximum atomic E-state index is 14.1. The van der Waals surface area contributed by atoms with Gasteiger partial charge in [-0.05, 0) is 66.4 Å². The molecule has 4 rings (SSSR count). The number of carboxylic acids is 1. The molecule has 6 heteroatoms. The van der Waals surface area contributed by atoms with E-state index < -0.39 is 17.6 Å². The fourth-order valence-corrected chi connectivity index (χ4v) is 4.08. The van der Waals surface area contributed by atoms with Crippen LogP contribution < -0.4 is 0 Å². The Labute approximate surface area is 167 Å². The van der Waals surface area contributed by atoms with Crippen LogP contribution in [0.3, 0.4) is 0 Å². The molecule has 1 aromatic heterocycles. The lowest BCUT2D eigenvalue weighted by Gasteiger charge is -2.20. The van der Waals surface area contributed by atoms with E-state index >= 15 is 0 Å². The second kappa shape index (κ2) is 7.72. The quantitative estimate of drug-likeness (QED) is 0.673. The van der Waals surface area contributed by atoms with Gasteiger partial charge in [-0.2, -0.15) is 0 Å². The summed E-state index contributed by atoms with van der Waals surface area (Å²) in [5.41, 5.74) is 4.34. The molecule has 4 nitrogen and oxygen atoms in total. The molecule has 0 bridgehead atoms. The predicted molar refractivity (Wildman–Crippen MR) is 106 cm³/mol. The zero-order chi connectivity index (χ0) is 20.5. The molecular weight excluding hydrogens is 374 g/mol. The molecule has 2 heterocycles. The van der Waals surface area contributed by atoms with Crippen LogP contribution in [-0.4, -0.2) is 28.0 Å². The molecule has 0 spiro atoms. The number of nitrogens with zero attached hydrogens (tertiary/aromatic N) is 2. The van der Waals surface area contributed by atoms with Crippen molar-refractivity contribution in [3.8, 4) is 11.1 Å². The van der Waals surface area contributed by atoms with Gasteiger partial charge in [-0.1, -0.05) is 12.1 Å². The van der Waals surface area contributed by atoms with Crippen LogP contribution in [0.4, 0.5) is 8.78 Å². The largest absolute Gasteiger partial charge is 0.478 e. The Kier molecular flexibility index (Phi) is 5.11. The lowest BCUT2D eigenvalue weighted by Crippen LogP contribution is -2.17. The van der Waals surface area contributed by atoms with E-state index in [0.717, 1.165) is 35.7 Å². The Morgan fingerprint density at radius 1 is 1.21 bits per heavy atom. The Morgan fingerprint density at radius 2 is 2.03 bits per heavy atom. The number of aryl methyl sites for hydroxylation is 1. The number of aromatic nitrogens is 1. The fraction of sp³-hybridized carbons (Fsp3) is 0.217. The van der Waals surface area contributed by atoms with E-state index in [9.17, 15) is 18.7 Å². The first kappa shape index (κ1) is 19.2. The van der Waals surface area contributed by atoms with Crippen molar-refractivity contribution < 1.29 is 18.7 Å². The van der Waals surface area contributed by atoms with E-state index in [-0.39, 0.29) is 11.6 Å². The number of halogens is 2. The van der Waals surface area contributed by atoms with Crippen molar-refractivity contribution in [2.45, 2.75) is 25.4 Å². The fourth-order valence-electron chi connectivity index (χ4n) is 4.08. The summed E-state index contributed by atoms with van der Waals surface area (Å²) < 4.78 is 27.3. The predicted octanol–water partition coefficient (Wildman–Crippen LogP) is 4.84. The minimum absolute atomic E-state index is 0.138. The molecule has 0 saturated carbocycles. The first-order valence-electron chi connectivity index (χ1n) is 9.38. The van der Waals surface area contributed by atoms with Crippen molar-refractivity contribution in [1.29, 1.82) is 0 Å². The average Bonchev–Trinajstić information content (AvgIpc) is 3.00. The number of hydrogen-bond donors (Lipinski definition) is 1. The summed E-state index contributed by atoms with van der Waals surface area (Å²) in [6.45, 7) is 0.718. The topological polar surface area (TPSA) is 53.4 Å². The number of carboxylic acid groups (broad SMARTS) is 1. The standard InChI is InChI=1S/C23H20F2N2O2/c1-27-13-16-10-14(18-6-4-17(24)11-21(18)25)2-5-19(16)22(27)7-3-15-12-26-9-8-20(15)23(28)29/h2,4-6,8-12,22H,3,7,13H2,1H3,(H,28,29)/t22-/m0/s1. The minimum Gasteiger partial charge on any atom is -0.478 e. The van der Waals surface area contributed by atoms with Gasteiger partial charge in [-0.25, -0.2) is 13.6 Å². The van der Waals surface area contributed by atoms with Gasteiger partial charge in [-0.3, -0.25) is 9.88 Å². The summed E-state index contributed by atoms with van der Waals surface area (Å²) in [5, 5.41) is 9.35. The Morgan fingerprint density at radius 3 is 2.79 bits per heavy atom. The molecule has 1 aliphatic rings. The van der Waals surface area contributed by atoms with Crippen molar-refractivity contribution in [3.05, 3.63) is 88.7 Å². The highest BCUT2D eigenvalue weighted by Gasteiger charge is 2.28. The first-order chi connectivity index (χ1) is 13.9. The van der Waals surface area contributed by atoms with Gasteiger partial charge in [-0.15, -0.1) is 0 Å². The zero-order valence-electron chi connectivity index (χ0n) is 15.9. The smallest absolute Gasteiger partial charge is 0.336 e. The molecule has 29 heavy (non-hydrogen) atoms. The third-order valence-electron chi connectivity index (χ3n) is 5.52. The van der Waals surface area contributed by atoms with Gasteiger partial charge in [0.15, 0.2) is 0 Å². The molecule has 1 atom stereocenters. The number of hydrogen-bond acceptors (Lipinski definition) is 3.